The van der Waals surface area contributed by atoms with Gasteiger partial charge in [-0.2, -0.15) is 0 Å². The maximum atomic E-state index is 12.1. The Bertz CT molecular complexity index is 601. The van der Waals surface area contributed by atoms with Crippen molar-refractivity contribution in [1.29, 1.82) is 0 Å². The third-order valence-electron chi connectivity index (χ3n) is 3.45. The van der Waals surface area contributed by atoms with Crippen molar-refractivity contribution in [2.45, 2.75) is 46.5 Å². The maximum Gasteiger partial charge on any atom is 0.225 e. The van der Waals surface area contributed by atoms with Gasteiger partial charge in [-0.3, -0.25) is 14.1 Å². The Labute approximate surface area is 120 Å². The molecule has 0 saturated carbocycles. The van der Waals surface area contributed by atoms with Crippen LogP contribution >= 0.6 is 0 Å². The van der Waals surface area contributed by atoms with Crippen LogP contribution in [0.3, 0.4) is 0 Å². The maximum absolute atomic E-state index is 12.1. The second-order valence-electron chi connectivity index (χ2n) is 5.43. The molecule has 0 unspecified atom stereocenters. The fraction of sp³-hybridized carbons (Fsp3) is 0.500. The Balaban J connectivity index is 2.58. The summed E-state index contributed by atoms with van der Waals surface area (Å²) >= 11 is 0. The van der Waals surface area contributed by atoms with Gasteiger partial charge >= 0.3 is 0 Å². The van der Waals surface area contributed by atoms with E-state index in [1.807, 2.05) is 33.7 Å². The van der Waals surface area contributed by atoms with E-state index < -0.39 is 0 Å². The number of amides is 1. The second-order valence-corrected chi connectivity index (χ2v) is 5.43. The highest BCUT2D eigenvalue weighted by atomic mass is 16.2. The van der Waals surface area contributed by atoms with Crippen LogP contribution in [0.25, 0.3) is 5.65 Å². The van der Waals surface area contributed by atoms with Crippen molar-refractivity contribution in [2.75, 3.05) is 11.4 Å². The standard InChI is InChI=1S/C16H23N3O/c1-5-6-10-18(13(4)20)16-15(12(2)3)17-14-9-7-8-11-19(14)16/h7-9,11-12H,5-6,10H2,1-4H3. The first-order chi connectivity index (χ1) is 9.56. The summed E-state index contributed by atoms with van der Waals surface area (Å²) in [5.41, 5.74) is 1.89. The highest BCUT2D eigenvalue weighted by Crippen LogP contribution is 2.29. The SMILES string of the molecule is CCCCN(C(C)=O)c1c(C(C)C)nc2ccccn12. The Kier molecular flexibility index (Phi) is 4.42. The molecule has 4 nitrogen and oxygen atoms in total. The van der Waals surface area contributed by atoms with E-state index in [9.17, 15) is 4.79 Å². The first kappa shape index (κ1) is 14.6. The molecule has 20 heavy (non-hydrogen) atoms. The summed E-state index contributed by atoms with van der Waals surface area (Å²) in [7, 11) is 0. The predicted molar refractivity (Wildman–Crippen MR) is 82.2 cm³/mol. The minimum atomic E-state index is 0.0750. The van der Waals surface area contributed by atoms with E-state index >= 15 is 0 Å². The molecule has 0 spiro atoms. The summed E-state index contributed by atoms with van der Waals surface area (Å²) in [5, 5.41) is 0. The van der Waals surface area contributed by atoms with Gasteiger partial charge in [0.2, 0.25) is 5.91 Å². The number of anilines is 1. The van der Waals surface area contributed by atoms with E-state index in [0.29, 0.717) is 0 Å². The summed E-state index contributed by atoms with van der Waals surface area (Å²) in [5.74, 6) is 1.29. The van der Waals surface area contributed by atoms with Crippen LogP contribution in [-0.4, -0.2) is 21.8 Å². The van der Waals surface area contributed by atoms with Crippen molar-refractivity contribution in [3.05, 3.63) is 30.1 Å². The van der Waals surface area contributed by atoms with Crippen LogP contribution in [0.2, 0.25) is 0 Å². The summed E-state index contributed by atoms with van der Waals surface area (Å²) in [6.07, 6.45) is 4.04. The number of carbonyl (C=O) groups excluding carboxylic acids is 1. The van der Waals surface area contributed by atoms with Gasteiger partial charge in [0.05, 0.1) is 5.69 Å². The molecule has 4 heteroatoms. The second kappa shape index (κ2) is 6.07. The molecule has 2 aromatic rings. The number of hydrogen-bond acceptors (Lipinski definition) is 2. The largest absolute Gasteiger partial charge is 0.297 e. The Morgan fingerprint density at radius 1 is 1.40 bits per heavy atom. The molecular formula is C16H23N3O. The number of hydrogen-bond donors (Lipinski definition) is 0. The van der Waals surface area contributed by atoms with E-state index in [2.05, 4.69) is 20.8 Å². The molecule has 0 aliphatic carbocycles. The quantitative estimate of drug-likeness (QED) is 0.834. The van der Waals surface area contributed by atoms with Crippen LogP contribution in [0, 0.1) is 0 Å². The van der Waals surface area contributed by atoms with Crippen molar-refractivity contribution < 1.29 is 4.79 Å². The average Bonchev–Trinajstić information content (AvgIpc) is 2.79. The zero-order valence-corrected chi connectivity index (χ0v) is 12.8. The minimum absolute atomic E-state index is 0.0750. The number of fused-ring (bicyclic) bond motifs is 1. The van der Waals surface area contributed by atoms with Crippen molar-refractivity contribution >= 4 is 17.4 Å². The van der Waals surface area contributed by atoms with Gasteiger partial charge in [0, 0.05) is 19.7 Å². The molecule has 0 fully saturated rings. The summed E-state index contributed by atoms with van der Waals surface area (Å²) in [4.78, 5) is 18.6. The molecule has 2 aromatic heterocycles. The number of rotatable bonds is 5. The third kappa shape index (κ3) is 2.69. The van der Waals surface area contributed by atoms with E-state index in [4.69, 9.17) is 4.98 Å². The van der Waals surface area contributed by atoms with Crippen LogP contribution < -0.4 is 4.90 Å². The molecule has 0 saturated heterocycles. The highest BCUT2D eigenvalue weighted by molar-refractivity contribution is 5.91. The zero-order chi connectivity index (χ0) is 14.7. The number of nitrogens with zero attached hydrogens (tertiary/aromatic N) is 3. The van der Waals surface area contributed by atoms with Gasteiger partial charge in [-0.1, -0.05) is 33.3 Å². The third-order valence-corrected chi connectivity index (χ3v) is 3.45. The average molecular weight is 273 g/mol. The monoisotopic (exact) mass is 273 g/mol. The smallest absolute Gasteiger partial charge is 0.225 e. The Hall–Kier alpha value is -1.84. The molecule has 0 atom stereocenters. The molecule has 2 rings (SSSR count). The van der Waals surface area contributed by atoms with Crippen molar-refractivity contribution in [3.63, 3.8) is 0 Å². The van der Waals surface area contributed by atoms with Gasteiger partial charge in [0.25, 0.3) is 0 Å². The van der Waals surface area contributed by atoms with Crippen LogP contribution in [0.5, 0.6) is 0 Å². The summed E-state index contributed by atoms with van der Waals surface area (Å²) in [6.45, 7) is 8.74. The molecule has 0 N–H and O–H groups in total. The van der Waals surface area contributed by atoms with Gasteiger partial charge in [-0.15, -0.1) is 0 Å². The molecule has 1 amide bonds. The van der Waals surface area contributed by atoms with E-state index in [-0.39, 0.29) is 11.8 Å². The van der Waals surface area contributed by atoms with Crippen molar-refractivity contribution in [3.8, 4) is 0 Å². The fourth-order valence-electron chi connectivity index (χ4n) is 2.39. The lowest BCUT2D eigenvalue weighted by Crippen LogP contribution is -2.31. The van der Waals surface area contributed by atoms with Gasteiger partial charge in [-0.25, -0.2) is 4.98 Å². The van der Waals surface area contributed by atoms with E-state index in [0.717, 1.165) is 36.5 Å². The number of carbonyl (C=O) groups is 1. The minimum Gasteiger partial charge on any atom is -0.297 e. The van der Waals surface area contributed by atoms with Gasteiger partial charge in [0.15, 0.2) is 0 Å². The van der Waals surface area contributed by atoms with Crippen LogP contribution in [0.4, 0.5) is 5.82 Å². The zero-order valence-electron chi connectivity index (χ0n) is 12.8. The molecule has 0 aliphatic rings. The van der Waals surface area contributed by atoms with Gasteiger partial charge < -0.3 is 0 Å². The van der Waals surface area contributed by atoms with Crippen LogP contribution in [-0.2, 0) is 4.79 Å². The number of unbranched alkanes of at least 4 members (excludes halogenated alkanes) is 1. The van der Waals surface area contributed by atoms with Crippen LogP contribution in [0.15, 0.2) is 24.4 Å². The fourth-order valence-corrected chi connectivity index (χ4v) is 2.39. The molecule has 108 valence electrons. The molecule has 2 heterocycles. The number of imidazole rings is 1. The lowest BCUT2D eigenvalue weighted by atomic mass is 10.1. The topological polar surface area (TPSA) is 37.6 Å². The number of aromatic nitrogens is 2. The van der Waals surface area contributed by atoms with E-state index in [1.54, 1.807) is 6.92 Å². The normalized spacial score (nSPS) is 11.2. The Morgan fingerprint density at radius 2 is 2.15 bits per heavy atom. The lowest BCUT2D eigenvalue weighted by molar-refractivity contribution is -0.116. The molecule has 0 aliphatic heterocycles. The lowest BCUT2D eigenvalue weighted by Gasteiger charge is -2.22. The Morgan fingerprint density at radius 3 is 2.75 bits per heavy atom. The van der Waals surface area contributed by atoms with Gasteiger partial charge in [-0.05, 0) is 24.5 Å². The first-order valence-corrected chi connectivity index (χ1v) is 7.31. The van der Waals surface area contributed by atoms with Crippen molar-refractivity contribution in [2.24, 2.45) is 0 Å². The molecule has 0 radical (unpaired) electrons. The van der Waals surface area contributed by atoms with E-state index in [1.165, 1.54) is 0 Å². The molecule has 0 bridgehead atoms. The summed E-state index contributed by atoms with van der Waals surface area (Å²) in [6, 6.07) is 5.92. The summed E-state index contributed by atoms with van der Waals surface area (Å²) < 4.78 is 2.02. The first-order valence-electron chi connectivity index (χ1n) is 7.31. The molecular weight excluding hydrogens is 250 g/mol. The predicted octanol–water partition coefficient (Wildman–Crippen LogP) is 3.61. The number of pyridine rings is 1. The molecule has 0 aromatic carbocycles. The van der Waals surface area contributed by atoms with Crippen molar-refractivity contribution in [1.82, 2.24) is 9.38 Å². The van der Waals surface area contributed by atoms with Crippen LogP contribution in [0.1, 0.15) is 52.1 Å². The highest BCUT2D eigenvalue weighted by Gasteiger charge is 2.22. The van der Waals surface area contributed by atoms with Gasteiger partial charge in [0.1, 0.15) is 11.5 Å².